The van der Waals surface area contributed by atoms with Gasteiger partial charge in [-0.05, 0) is 32.6 Å². The van der Waals surface area contributed by atoms with E-state index >= 15 is 0 Å². The third-order valence-corrected chi connectivity index (χ3v) is 3.06. The van der Waals surface area contributed by atoms with E-state index in [2.05, 4.69) is 17.6 Å². The molecular weight excluding hydrogens is 208 g/mol. The van der Waals surface area contributed by atoms with Gasteiger partial charge in [0.05, 0.1) is 6.61 Å². The summed E-state index contributed by atoms with van der Waals surface area (Å²) in [6.07, 6.45) is 4.14. The lowest BCUT2D eigenvalue weighted by Crippen LogP contribution is -2.56. The largest absolute Gasteiger partial charge is 0.465 e. The fourth-order valence-electron chi connectivity index (χ4n) is 1.82. The van der Waals surface area contributed by atoms with E-state index in [4.69, 9.17) is 4.74 Å². The molecule has 0 bridgehead atoms. The lowest BCUT2D eigenvalue weighted by Gasteiger charge is -2.41. The van der Waals surface area contributed by atoms with Crippen LogP contribution in [0.2, 0.25) is 0 Å². The fourth-order valence-corrected chi connectivity index (χ4v) is 1.82. The Morgan fingerprint density at radius 2 is 2.00 bits per heavy atom. The summed E-state index contributed by atoms with van der Waals surface area (Å²) in [5.74, 6) is -0.406. The van der Waals surface area contributed by atoms with Crippen LogP contribution in [0.15, 0.2) is 0 Å². The zero-order valence-electron chi connectivity index (χ0n) is 9.97. The summed E-state index contributed by atoms with van der Waals surface area (Å²) in [6.45, 7) is 4.06. The first-order chi connectivity index (χ1) is 7.62. The summed E-state index contributed by atoms with van der Waals surface area (Å²) < 4.78 is 4.71. The number of carbonyl (C=O) groups excluding carboxylic acids is 2. The number of hydrogen-bond donors (Lipinski definition) is 2. The van der Waals surface area contributed by atoms with E-state index in [1.165, 1.54) is 0 Å². The summed E-state index contributed by atoms with van der Waals surface area (Å²) in [6, 6.07) is -0.283. The average molecular weight is 228 g/mol. The lowest BCUT2D eigenvalue weighted by molar-refractivity contribution is -0.141. The second-order valence-corrected chi connectivity index (χ2v) is 4.10. The summed E-state index contributed by atoms with van der Waals surface area (Å²) in [5, 5.41) is 5.42. The van der Waals surface area contributed by atoms with Crippen molar-refractivity contribution in [3.63, 3.8) is 0 Å². The molecule has 2 amide bonds. The summed E-state index contributed by atoms with van der Waals surface area (Å²) in [5.41, 5.74) is -0.0429. The van der Waals surface area contributed by atoms with Gasteiger partial charge in [-0.15, -0.1) is 0 Å². The van der Waals surface area contributed by atoms with Crippen LogP contribution in [0.25, 0.3) is 0 Å². The molecule has 1 rings (SSSR count). The van der Waals surface area contributed by atoms with Gasteiger partial charge in [0, 0.05) is 5.54 Å². The Kier molecular flexibility index (Phi) is 4.58. The van der Waals surface area contributed by atoms with Crippen LogP contribution in [-0.2, 0) is 9.53 Å². The second kappa shape index (κ2) is 5.72. The van der Waals surface area contributed by atoms with E-state index in [1.807, 2.05) is 0 Å². The van der Waals surface area contributed by atoms with Crippen molar-refractivity contribution < 1.29 is 14.3 Å². The van der Waals surface area contributed by atoms with Gasteiger partial charge in [0.2, 0.25) is 0 Å². The Bertz CT molecular complexity index is 256. The Morgan fingerprint density at radius 3 is 2.44 bits per heavy atom. The van der Waals surface area contributed by atoms with Crippen LogP contribution in [0.4, 0.5) is 4.79 Å². The third-order valence-electron chi connectivity index (χ3n) is 3.06. The molecular formula is C11H20N2O3. The van der Waals surface area contributed by atoms with E-state index in [-0.39, 0.29) is 18.1 Å². The van der Waals surface area contributed by atoms with E-state index < -0.39 is 5.97 Å². The van der Waals surface area contributed by atoms with Crippen molar-refractivity contribution in [2.45, 2.75) is 45.1 Å². The van der Waals surface area contributed by atoms with Crippen LogP contribution in [0.5, 0.6) is 0 Å². The second-order valence-electron chi connectivity index (χ2n) is 4.10. The highest BCUT2D eigenvalue weighted by atomic mass is 16.5. The molecule has 92 valence electrons. The Morgan fingerprint density at radius 1 is 1.31 bits per heavy atom. The maximum atomic E-state index is 11.5. The predicted octanol–water partition coefficient (Wildman–Crippen LogP) is 1.18. The Labute approximate surface area is 95.9 Å². The Hall–Kier alpha value is -1.26. The van der Waals surface area contributed by atoms with Crippen LogP contribution < -0.4 is 10.6 Å². The van der Waals surface area contributed by atoms with Gasteiger partial charge in [-0.25, -0.2) is 4.79 Å². The standard InChI is InChI=1S/C11H20N2O3/c1-3-11(6-5-7-11)13-10(15)12-8-9(14)16-4-2/h3-8H2,1-2H3,(H2,12,13,15). The molecule has 5 nitrogen and oxygen atoms in total. The minimum atomic E-state index is -0.406. The number of rotatable bonds is 5. The highest BCUT2D eigenvalue weighted by molar-refractivity contribution is 5.81. The van der Waals surface area contributed by atoms with Gasteiger partial charge in [-0.2, -0.15) is 0 Å². The number of esters is 1. The molecule has 0 aliphatic heterocycles. The molecule has 0 unspecified atom stereocenters. The van der Waals surface area contributed by atoms with Crippen LogP contribution in [0.1, 0.15) is 39.5 Å². The van der Waals surface area contributed by atoms with E-state index in [9.17, 15) is 9.59 Å². The van der Waals surface area contributed by atoms with Crippen molar-refractivity contribution in [3.05, 3.63) is 0 Å². The number of amides is 2. The zero-order chi connectivity index (χ0) is 12.0. The molecule has 0 aromatic rings. The Balaban J connectivity index is 2.22. The molecule has 1 fully saturated rings. The molecule has 0 atom stereocenters. The molecule has 1 aliphatic carbocycles. The molecule has 16 heavy (non-hydrogen) atoms. The van der Waals surface area contributed by atoms with Gasteiger partial charge < -0.3 is 15.4 Å². The van der Waals surface area contributed by atoms with Gasteiger partial charge in [0.15, 0.2) is 0 Å². The minimum absolute atomic E-state index is 0.0429. The van der Waals surface area contributed by atoms with Gasteiger partial charge in [0.25, 0.3) is 0 Å². The number of nitrogens with one attached hydrogen (secondary N) is 2. The molecule has 0 radical (unpaired) electrons. The summed E-state index contributed by atoms with van der Waals surface area (Å²) in [7, 11) is 0. The number of hydrogen-bond acceptors (Lipinski definition) is 3. The molecule has 5 heteroatoms. The molecule has 1 saturated carbocycles. The number of ether oxygens (including phenoxy) is 1. The van der Waals surface area contributed by atoms with E-state index in [0.29, 0.717) is 6.61 Å². The monoisotopic (exact) mass is 228 g/mol. The molecule has 0 heterocycles. The normalized spacial score (nSPS) is 17.1. The number of urea groups is 1. The van der Waals surface area contributed by atoms with Gasteiger partial charge >= 0.3 is 12.0 Å². The SMILES string of the molecule is CCOC(=O)CNC(=O)NC1(CC)CCC1. The van der Waals surface area contributed by atoms with Crippen molar-refractivity contribution in [1.82, 2.24) is 10.6 Å². The average Bonchev–Trinajstić information content (AvgIpc) is 2.21. The van der Waals surface area contributed by atoms with Crippen molar-refractivity contribution >= 4 is 12.0 Å². The first-order valence-electron chi connectivity index (χ1n) is 5.83. The van der Waals surface area contributed by atoms with Gasteiger partial charge in [-0.1, -0.05) is 6.92 Å². The fraction of sp³-hybridized carbons (Fsp3) is 0.818. The molecule has 0 aromatic heterocycles. The molecule has 0 aromatic carbocycles. The van der Waals surface area contributed by atoms with Crippen LogP contribution >= 0.6 is 0 Å². The summed E-state index contributed by atoms with van der Waals surface area (Å²) in [4.78, 5) is 22.5. The maximum Gasteiger partial charge on any atom is 0.325 e. The van der Waals surface area contributed by atoms with E-state index in [1.54, 1.807) is 6.92 Å². The van der Waals surface area contributed by atoms with Gasteiger partial charge in [-0.3, -0.25) is 4.79 Å². The molecule has 2 N–H and O–H groups in total. The quantitative estimate of drug-likeness (QED) is 0.694. The van der Waals surface area contributed by atoms with Crippen LogP contribution in [0, 0.1) is 0 Å². The highest BCUT2D eigenvalue weighted by Crippen LogP contribution is 2.34. The molecule has 0 saturated heterocycles. The van der Waals surface area contributed by atoms with Crippen molar-refractivity contribution in [2.24, 2.45) is 0 Å². The van der Waals surface area contributed by atoms with E-state index in [0.717, 1.165) is 25.7 Å². The smallest absolute Gasteiger partial charge is 0.325 e. The minimum Gasteiger partial charge on any atom is -0.465 e. The van der Waals surface area contributed by atoms with Crippen molar-refractivity contribution in [2.75, 3.05) is 13.2 Å². The number of carbonyl (C=O) groups is 2. The third kappa shape index (κ3) is 3.40. The zero-order valence-corrected chi connectivity index (χ0v) is 9.97. The predicted molar refractivity (Wildman–Crippen MR) is 60.0 cm³/mol. The van der Waals surface area contributed by atoms with Crippen molar-refractivity contribution in [3.8, 4) is 0 Å². The van der Waals surface area contributed by atoms with Crippen molar-refractivity contribution in [1.29, 1.82) is 0 Å². The highest BCUT2D eigenvalue weighted by Gasteiger charge is 2.36. The maximum absolute atomic E-state index is 11.5. The van der Waals surface area contributed by atoms with Crippen LogP contribution in [0.3, 0.4) is 0 Å². The van der Waals surface area contributed by atoms with Gasteiger partial charge in [0.1, 0.15) is 6.54 Å². The van der Waals surface area contributed by atoms with Crippen LogP contribution in [-0.4, -0.2) is 30.7 Å². The molecule has 0 spiro atoms. The lowest BCUT2D eigenvalue weighted by atomic mass is 9.75. The summed E-state index contributed by atoms with van der Waals surface area (Å²) >= 11 is 0. The first-order valence-corrected chi connectivity index (χ1v) is 5.83. The topological polar surface area (TPSA) is 67.4 Å². The molecule has 1 aliphatic rings. The first kappa shape index (κ1) is 12.8.